The Morgan fingerprint density at radius 1 is 1.26 bits per heavy atom. The monoisotopic (exact) mass is 263 g/mol. The van der Waals surface area contributed by atoms with Crippen LogP contribution in [0, 0.1) is 5.92 Å². The van der Waals surface area contributed by atoms with E-state index in [2.05, 4.69) is 0 Å². The van der Waals surface area contributed by atoms with E-state index in [0.717, 1.165) is 11.3 Å². The summed E-state index contributed by atoms with van der Waals surface area (Å²) in [6.45, 7) is 2.20. The molecule has 0 unspecified atom stereocenters. The number of amides is 1. The number of hydrogen-bond donors (Lipinski definition) is 1. The molecule has 1 saturated heterocycles. The van der Waals surface area contributed by atoms with Crippen molar-refractivity contribution in [2.45, 2.75) is 12.8 Å². The van der Waals surface area contributed by atoms with Crippen LogP contribution in [0.5, 0.6) is 5.75 Å². The minimum Gasteiger partial charge on any atom is -0.497 e. The molecule has 1 aliphatic rings. The van der Waals surface area contributed by atoms with Crippen LogP contribution in [0.25, 0.3) is 0 Å². The van der Waals surface area contributed by atoms with E-state index < -0.39 is 11.9 Å². The number of benzene rings is 1. The maximum atomic E-state index is 11.4. The molecule has 1 fully saturated rings. The Balaban J connectivity index is 2.24. The first-order valence-electron chi connectivity index (χ1n) is 6.15. The van der Waals surface area contributed by atoms with Gasteiger partial charge in [0.05, 0.1) is 13.0 Å². The highest BCUT2D eigenvalue weighted by atomic mass is 16.5. The molecule has 1 aromatic carbocycles. The van der Waals surface area contributed by atoms with Gasteiger partial charge in [0.25, 0.3) is 0 Å². The molecule has 1 amide bonds. The van der Waals surface area contributed by atoms with Crippen LogP contribution in [-0.2, 0) is 9.59 Å². The fourth-order valence-corrected chi connectivity index (χ4v) is 2.50. The first-order chi connectivity index (χ1) is 9.02. The number of nitrogens with zero attached hydrogens (tertiary/aromatic N) is 1. The van der Waals surface area contributed by atoms with Crippen LogP contribution in [0.3, 0.4) is 0 Å². The standard InChI is InChI=1S/C14H17NO4/c1-9(16)15-7-12(13(8-15)14(17)18)10-3-5-11(19-2)6-4-10/h3-6,12-13H,7-8H2,1-2H3,(H,17,18)/t12-,13+/m0/s1. The van der Waals surface area contributed by atoms with Crippen molar-refractivity contribution in [3.8, 4) is 5.75 Å². The number of carbonyl (C=O) groups is 2. The maximum Gasteiger partial charge on any atom is 0.308 e. The van der Waals surface area contributed by atoms with Gasteiger partial charge in [0.15, 0.2) is 0 Å². The number of rotatable bonds is 3. The summed E-state index contributed by atoms with van der Waals surface area (Å²) in [5.41, 5.74) is 0.928. The van der Waals surface area contributed by atoms with Gasteiger partial charge >= 0.3 is 5.97 Å². The lowest BCUT2D eigenvalue weighted by atomic mass is 9.89. The number of aliphatic carboxylic acids is 1. The molecule has 1 heterocycles. The van der Waals surface area contributed by atoms with Gasteiger partial charge in [-0.2, -0.15) is 0 Å². The number of likely N-dealkylation sites (tertiary alicyclic amines) is 1. The Kier molecular flexibility index (Phi) is 3.74. The second-order valence-corrected chi connectivity index (χ2v) is 4.75. The number of carboxylic acid groups (broad SMARTS) is 1. The predicted molar refractivity (Wildman–Crippen MR) is 69.1 cm³/mol. The summed E-state index contributed by atoms with van der Waals surface area (Å²) in [7, 11) is 1.59. The van der Waals surface area contributed by atoms with Crippen molar-refractivity contribution in [1.82, 2.24) is 4.90 Å². The molecule has 2 rings (SSSR count). The van der Waals surface area contributed by atoms with E-state index in [4.69, 9.17) is 4.74 Å². The van der Waals surface area contributed by atoms with Gasteiger partial charge in [0.2, 0.25) is 5.91 Å². The number of methoxy groups -OCH3 is 1. The van der Waals surface area contributed by atoms with Crippen molar-refractivity contribution in [3.05, 3.63) is 29.8 Å². The van der Waals surface area contributed by atoms with E-state index in [0.29, 0.717) is 6.54 Å². The van der Waals surface area contributed by atoms with Crippen LogP contribution in [0.1, 0.15) is 18.4 Å². The van der Waals surface area contributed by atoms with Gasteiger partial charge in [-0.1, -0.05) is 12.1 Å². The molecule has 1 N–H and O–H groups in total. The van der Waals surface area contributed by atoms with Crippen LogP contribution in [0.15, 0.2) is 24.3 Å². The molecule has 19 heavy (non-hydrogen) atoms. The average Bonchev–Trinajstić information content (AvgIpc) is 2.84. The molecule has 0 aliphatic carbocycles. The summed E-state index contributed by atoms with van der Waals surface area (Å²) in [5.74, 6) is -0.909. The minimum atomic E-state index is -0.857. The minimum absolute atomic E-state index is 0.0812. The third-order valence-corrected chi connectivity index (χ3v) is 3.63. The lowest BCUT2D eigenvalue weighted by molar-refractivity contribution is -0.141. The molecule has 0 aromatic heterocycles. The highest BCUT2D eigenvalue weighted by Gasteiger charge is 2.39. The molecule has 0 radical (unpaired) electrons. The Bertz CT molecular complexity index is 483. The number of hydrogen-bond acceptors (Lipinski definition) is 3. The van der Waals surface area contributed by atoms with Gasteiger partial charge in [-0.3, -0.25) is 9.59 Å². The summed E-state index contributed by atoms with van der Waals surface area (Å²) in [4.78, 5) is 24.3. The van der Waals surface area contributed by atoms with Gasteiger partial charge in [-0.05, 0) is 17.7 Å². The van der Waals surface area contributed by atoms with Gasteiger partial charge in [0.1, 0.15) is 5.75 Å². The van der Waals surface area contributed by atoms with E-state index in [1.807, 2.05) is 24.3 Å². The molecule has 5 heteroatoms. The highest BCUT2D eigenvalue weighted by Crippen LogP contribution is 2.33. The number of carbonyl (C=O) groups excluding carboxylic acids is 1. The Morgan fingerprint density at radius 2 is 1.89 bits per heavy atom. The Morgan fingerprint density at radius 3 is 2.37 bits per heavy atom. The van der Waals surface area contributed by atoms with Gasteiger partial charge in [-0.25, -0.2) is 0 Å². The maximum absolute atomic E-state index is 11.4. The lowest BCUT2D eigenvalue weighted by Crippen LogP contribution is -2.27. The zero-order valence-electron chi connectivity index (χ0n) is 11.0. The van der Waals surface area contributed by atoms with E-state index in [1.165, 1.54) is 6.92 Å². The summed E-state index contributed by atoms with van der Waals surface area (Å²) in [6, 6.07) is 7.35. The van der Waals surface area contributed by atoms with Gasteiger partial charge in [-0.15, -0.1) is 0 Å². The second kappa shape index (κ2) is 5.30. The van der Waals surface area contributed by atoms with Crippen LogP contribution < -0.4 is 4.74 Å². The van der Waals surface area contributed by atoms with E-state index in [-0.39, 0.29) is 18.4 Å². The molecular formula is C14H17NO4. The summed E-state index contributed by atoms with van der Waals surface area (Å²) >= 11 is 0. The number of carboxylic acids is 1. The predicted octanol–water partition coefficient (Wildman–Crippen LogP) is 1.34. The van der Waals surface area contributed by atoms with Crippen molar-refractivity contribution in [2.24, 2.45) is 5.92 Å². The third kappa shape index (κ3) is 2.70. The highest BCUT2D eigenvalue weighted by molar-refractivity contribution is 5.78. The lowest BCUT2D eigenvalue weighted by Gasteiger charge is -2.15. The van der Waals surface area contributed by atoms with Crippen molar-refractivity contribution < 1.29 is 19.4 Å². The van der Waals surface area contributed by atoms with Crippen LogP contribution >= 0.6 is 0 Å². The fraction of sp³-hybridized carbons (Fsp3) is 0.429. The molecule has 1 aliphatic heterocycles. The molecule has 2 atom stereocenters. The zero-order valence-corrected chi connectivity index (χ0v) is 11.0. The smallest absolute Gasteiger partial charge is 0.308 e. The normalized spacial score (nSPS) is 22.3. The van der Waals surface area contributed by atoms with Crippen molar-refractivity contribution in [3.63, 3.8) is 0 Å². The van der Waals surface area contributed by atoms with Gasteiger partial charge < -0.3 is 14.7 Å². The summed E-state index contributed by atoms with van der Waals surface area (Å²) in [6.07, 6.45) is 0. The topological polar surface area (TPSA) is 66.8 Å². The Labute approximate surface area is 111 Å². The molecule has 0 bridgehead atoms. The summed E-state index contributed by atoms with van der Waals surface area (Å²) < 4.78 is 5.08. The van der Waals surface area contributed by atoms with Crippen LogP contribution in [0.2, 0.25) is 0 Å². The largest absolute Gasteiger partial charge is 0.497 e. The SMILES string of the molecule is COc1ccc([C@@H]2CN(C(C)=O)C[C@H]2C(=O)O)cc1. The van der Waals surface area contributed by atoms with E-state index >= 15 is 0 Å². The molecule has 102 valence electrons. The van der Waals surface area contributed by atoms with Crippen LogP contribution in [0.4, 0.5) is 0 Å². The third-order valence-electron chi connectivity index (χ3n) is 3.63. The average molecular weight is 263 g/mol. The molecular weight excluding hydrogens is 246 g/mol. The molecule has 1 aromatic rings. The molecule has 0 saturated carbocycles. The quantitative estimate of drug-likeness (QED) is 0.893. The van der Waals surface area contributed by atoms with Crippen molar-refractivity contribution in [2.75, 3.05) is 20.2 Å². The second-order valence-electron chi connectivity index (χ2n) is 4.75. The van der Waals surface area contributed by atoms with E-state index in [1.54, 1.807) is 12.0 Å². The fourth-order valence-electron chi connectivity index (χ4n) is 2.50. The molecule has 5 nitrogen and oxygen atoms in total. The van der Waals surface area contributed by atoms with Gasteiger partial charge in [0, 0.05) is 25.9 Å². The Hall–Kier alpha value is -2.04. The number of ether oxygens (including phenoxy) is 1. The summed E-state index contributed by atoms with van der Waals surface area (Å²) in [5, 5.41) is 9.28. The van der Waals surface area contributed by atoms with E-state index in [9.17, 15) is 14.7 Å². The van der Waals surface area contributed by atoms with Crippen molar-refractivity contribution in [1.29, 1.82) is 0 Å². The first-order valence-corrected chi connectivity index (χ1v) is 6.15. The molecule has 0 spiro atoms. The van der Waals surface area contributed by atoms with Crippen LogP contribution in [-0.4, -0.2) is 42.1 Å². The first kappa shape index (κ1) is 13.4. The zero-order chi connectivity index (χ0) is 14.0. The van der Waals surface area contributed by atoms with Crippen molar-refractivity contribution >= 4 is 11.9 Å².